The second-order valence-electron chi connectivity index (χ2n) is 4.15. The zero-order valence-corrected chi connectivity index (χ0v) is 12.9. The molecule has 0 saturated heterocycles. The molecule has 0 spiro atoms. The van der Waals surface area contributed by atoms with Gasteiger partial charge in [0.1, 0.15) is 5.75 Å². The van der Waals surface area contributed by atoms with Crippen LogP contribution in [0.25, 0.3) is 0 Å². The van der Waals surface area contributed by atoms with Gasteiger partial charge in [-0.3, -0.25) is 4.79 Å². The fourth-order valence-electron chi connectivity index (χ4n) is 1.97. The van der Waals surface area contributed by atoms with Crippen LogP contribution in [0.1, 0.15) is 22.1 Å². The summed E-state index contributed by atoms with van der Waals surface area (Å²) >= 11 is 6.79. The van der Waals surface area contributed by atoms with E-state index < -0.39 is 6.23 Å². The lowest BCUT2D eigenvalue weighted by Crippen LogP contribution is -2.36. The predicted molar refractivity (Wildman–Crippen MR) is 79.1 cm³/mol. The zero-order chi connectivity index (χ0) is 13.4. The van der Waals surface area contributed by atoms with E-state index in [9.17, 15) is 4.79 Å². The van der Waals surface area contributed by atoms with E-state index in [2.05, 4.69) is 37.2 Å². The van der Waals surface area contributed by atoms with Crippen molar-refractivity contribution in [2.75, 3.05) is 0 Å². The SMILES string of the molecule is O=C1NC(c2ccccc2)Oc2c(Br)cc(Br)cc21. The highest BCUT2D eigenvalue weighted by atomic mass is 79.9. The second kappa shape index (κ2) is 4.98. The molecular formula is C14H9Br2NO2. The average Bonchev–Trinajstić information content (AvgIpc) is 2.41. The topological polar surface area (TPSA) is 38.3 Å². The molecule has 1 aliphatic rings. The number of hydrogen-bond acceptors (Lipinski definition) is 2. The van der Waals surface area contributed by atoms with Crippen LogP contribution in [0.5, 0.6) is 5.75 Å². The fourth-order valence-corrected chi connectivity index (χ4v) is 3.29. The maximum Gasteiger partial charge on any atom is 0.258 e. The van der Waals surface area contributed by atoms with E-state index in [1.807, 2.05) is 36.4 Å². The van der Waals surface area contributed by atoms with Gasteiger partial charge in [-0.25, -0.2) is 0 Å². The normalized spacial score (nSPS) is 17.4. The number of nitrogens with one attached hydrogen (secondary N) is 1. The molecule has 0 aliphatic carbocycles. The number of benzene rings is 2. The van der Waals surface area contributed by atoms with Gasteiger partial charge in [0.25, 0.3) is 5.91 Å². The minimum Gasteiger partial charge on any atom is -0.464 e. The van der Waals surface area contributed by atoms with Crippen molar-refractivity contribution in [1.82, 2.24) is 5.32 Å². The summed E-state index contributed by atoms with van der Waals surface area (Å²) in [5.41, 5.74) is 1.43. The minimum atomic E-state index is -0.460. The van der Waals surface area contributed by atoms with Crippen molar-refractivity contribution in [3.05, 3.63) is 62.5 Å². The van der Waals surface area contributed by atoms with E-state index in [0.29, 0.717) is 11.3 Å². The molecule has 3 nitrogen and oxygen atoms in total. The molecule has 2 aromatic carbocycles. The lowest BCUT2D eigenvalue weighted by Gasteiger charge is -2.28. The maximum absolute atomic E-state index is 12.1. The molecule has 2 aromatic rings. The van der Waals surface area contributed by atoms with E-state index >= 15 is 0 Å². The van der Waals surface area contributed by atoms with Gasteiger partial charge in [-0.15, -0.1) is 0 Å². The van der Waals surface area contributed by atoms with E-state index in [1.165, 1.54) is 0 Å². The van der Waals surface area contributed by atoms with Gasteiger partial charge >= 0.3 is 0 Å². The number of carbonyl (C=O) groups is 1. The molecule has 1 aliphatic heterocycles. The molecular weight excluding hydrogens is 374 g/mol. The Hall–Kier alpha value is -1.33. The Morgan fingerprint density at radius 2 is 1.84 bits per heavy atom. The van der Waals surface area contributed by atoms with Crippen molar-refractivity contribution in [3.63, 3.8) is 0 Å². The Balaban J connectivity index is 2.03. The van der Waals surface area contributed by atoms with Crippen LogP contribution in [0.2, 0.25) is 0 Å². The largest absolute Gasteiger partial charge is 0.464 e. The van der Waals surface area contributed by atoms with Crippen molar-refractivity contribution in [2.24, 2.45) is 0 Å². The van der Waals surface area contributed by atoms with Crippen molar-refractivity contribution < 1.29 is 9.53 Å². The van der Waals surface area contributed by atoms with Crippen LogP contribution in [0, 0.1) is 0 Å². The molecule has 1 N–H and O–H groups in total. The predicted octanol–water partition coefficient (Wildman–Crippen LogP) is 4.03. The molecule has 0 fully saturated rings. The van der Waals surface area contributed by atoms with Gasteiger partial charge in [0.15, 0.2) is 6.23 Å². The fraction of sp³-hybridized carbons (Fsp3) is 0.0714. The van der Waals surface area contributed by atoms with E-state index in [0.717, 1.165) is 14.5 Å². The van der Waals surface area contributed by atoms with Gasteiger partial charge in [0.2, 0.25) is 0 Å². The minimum absolute atomic E-state index is 0.142. The Bertz CT molecular complexity index is 643. The number of hydrogen-bond donors (Lipinski definition) is 1. The first-order valence-electron chi connectivity index (χ1n) is 5.66. The Morgan fingerprint density at radius 1 is 1.11 bits per heavy atom. The molecule has 0 saturated carbocycles. The monoisotopic (exact) mass is 381 g/mol. The van der Waals surface area contributed by atoms with E-state index in [-0.39, 0.29) is 5.91 Å². The summed E-state index contributed by atoms with van der Waals surface area (Å²) in [5, 5.41) is 2.84. The van der Waals surface area contributed by atoms with Crippen LogP contribution in [0.4, 0.5) is 0 Å². The van der Waals surface area contributed by atoms with Crippen molar-refractivity contribution in [1.29, 1.82) is 0 Å². The summed E-state index contributed by atoms with van der Waals surface area (Å²) < 4.78 is 7.46. The molecule has 1 atom stereocenters. The first kappa shape index (κ1) is 12.7. The highest BCUT2D eigenvalue weighted by molar-refractivity contribution is 9.11. The molecule has 96 valence electrons. The number of halogens is 2. The van der Waals surface area contributed by atoms with E-state index in [1.54, 1.807) is 6.07 Å². The third-order valence-electron chi connectivity index (χ3n) is 2.85. The third kappa shape index (κ3) is 2.40. The van der Waals surface area contributed by atoms with Gasteiger partial charge < -0.3 is 10.1 Å². The van der Waals surface area contributed by atoms with Gasteiger partial charge in [-0.1, -0.05) is 46.3 Å². The number of rotatable bonds is 1. The highest BCUT2D eigenvalue weighted by Crippen LogP contribution is 2.37. The first-order chi connectivity index (χ1) is 9.15. The van der Waals surface area contributed by atoms with Crippen LogP contribution in [0.15, 0.2) is 51.4 Å². The standard InChI is InChI=1S/C14H9Br2NO2/c15-9-6-10-12(11(16)7-9)19-14(17-13(10)18)8-4-2-1-3-5-8/h1-7,14H,(H,17,18). The molecule has 1 amide bonds. The number of amides is 1. The number of carbonyl (C=O) groups excluding carboxylic acids is 1. The third-order valence-corrected chi connectivity index (χ3v) is 3.90. The summed E-state index contributed by atoms with van der Waals surface area (Å²) in [6.45, 7) is 0. The Labute approximate surface area is 127 Å². The molecule has 1 unspecified atom stereocenters. The lowest BCUT2D eigenvalue weighted by molar-refractivity contribution is 0.0753. The van der Waals surface area contributed by atoms with E-state index in [4.69, 9.17) is 4.74 Å². The second-order valence-corrected chi connectivity index (χ2v) is 5.92. The van der Waals surface area contributed by atoms with Gasteiger partial charge in [0.05, 0.1) is 10.0 Å². The quantitative estimate of drug-likeness (QED) is 0.808. The lowest BCUT2D eigenvalue weighted by atomic mass is 10.1. The van der Waals surface area contributed by atoms with Crippen LogP contribution in [0.3, 0.4) is 0 Å². The van der Waals surface area contributed by atoms with Crippen molar-refractivity contribution in [2.45, 2.75) is 6.23 Å². The number of ether oxygens (including phenoxy) is 1. The molecule has 0 radical (unpaired) electrons. The van der Waals surface area contributed by atoms with Crippen molar-refractivity contribution >= 4 is 37.8 Å². The van der Waals surface area contributed by atoms with Crippen LogP contribution >= 0.6 is 31.9 Å². The molecule has 19 heavy (non-hydrogen) atoms. The summed E-state index contributed by atoms with van der Waals surface area (Å²) in [6.07, 6.45) is -0.460. The van der Waals surface area contributed by atoms with Crippen LogP contribution in [-0.2, 0) is 0 Å². The highest BCUT2D eigenvalue weighted by Gasteiger charge is 2.28. The first-order valence-corrected chi connectivity index (χ1v) is 7.25. The molecule has 1 heterocycles. The van der Waals surface area contributed by atoms with Gasteiger partial charge in [-0.05, 0) is 28.1 Å². The van der Waals surface area contributed by atoms with Gasteiger partial charge in [-0.2, -0.15) is 0 Å². The zero-order valence-electron chi connectivity index (χ0n) is 9.69. The number of fused-ring (bicyclic) bond motifs is 1. The molecule has 0 aromatic heterocycles. The smallest absolute Gasteiger partial charge is 0.258 e. The van der Waals surface area contributed by atoms with Crippen LogP contribution < -0.4 is 10.1 Å². The average molecular weight is 383 g/mol. The van der Waals surface area contributed by atoms with Crippen molar-refractivity contribution in [3.8, 4) is 5.75 Å². The molecule has 0 bridgehead atoms. The summed E-state index contributed by atoms with van der Waals surface area (Å²) in [4.78, 5) is 12.1. The Morgan fingerprint density at radius 3 is 2.58 bits per heavy atom. The Kier molecular flexibility index (Phi) is 3.33. The molecule has 5 heteroatoms. The van der Waals surface area contributed by atoms with Gasteiger partial charge in [0, 0.05) is 10.0 Å². The van der Waals surface area contributed by atoms with Crippen LogP contribution in [-0.4, -0.2) is 5.91 Å². The summed E-state index contributed by atoms with van der Waals surface area (Å²) in [6, 6.07) is 13.2. The summed E-state index contributed by atoms with van der Waals surface area (Å²) in [7, 11) is 0. The summed E-state index contributed by atoms with van der Waals surface area (Å²) in [5.74, 6) is 0.429. The molecule has 3 rings (SSSR count). The maximum atomic E-state index is 12.1.